The maximum Gasteiger partial charge on any atom is 0.259 e. The summed E-state index contributed by atoms with van der Waals surface area (Å²) in [6.07, 6.45) is 1.52. The van der Waals surface area contributed by atoms with E-state index in [0.29, 0.717) is 17.2 Å². The summed E-state index contributed by atoms with van der Waals surface area (Å²) in [4.78, 5) is 24.0. The van der Waals surface area contributed by atoms with Crippen LogP contribution < -0.4 is 15.5 Å². The Kier molecular flexibility index (Phi) is 7.79. The summed E-state index contributed by atoms with van der Waals surface area (Å²) in [5.41, 5.74) is 5.59. The minimum absolute atomic E-state index is 0.165. The Hall–Kier alpha value is -3.64. The van der Waals surface area contributed by atoms with Crippen molar-refractivity contribution in [1.82, 2.24) is 10.7 Å². The van der Waals surface area contributed by atoms with Crippen LogP contribution in [0.5, 0.6) is 5.75 Å². The van der Waals surface area contributed by atoms with E-state index in [1.54, 1.807) is 12.1 Å². The van der Waals surface area contributed by atoms with Gasteiger partial charge in [-0.3, -0.25) is 9.59 Å². The predicted molar refractivity (Wildman–Crippen MR) is 121 cm³/mol. The van der Waals surface area contributed by atoms with Crippen LogP contribution in [0.4, 0.5) is 0 Å². The van der Waals surface area contributed by atoms with Crippen LogP contribution in [0.1, 0.15) is 27.0 Å². The molecule has 0 saturated heterocycles. The Morgan fingerprint density at radius 2 is 1.71 bits per heavy atom. The Balaban J connectivity index is 1.41. The molecule has 0 bridgehead atoms. The maximum absolute atomic E-state index is 12.1. The highest BCUT2D eigenvalue weighted by Crippen LogP contribution is 2.15. The van der Waals surface area contributed by atoms with E-state index in [2.05, 4.69) is 15.8 Å². The van der Waals surface area contributed by atoms with Gasteiger partial charge in [-0.2, -0.15) is 5.10 Å². The van der Waals surface area contributed by atoms with Gasteiger partial charge in [-0.1, -0.05) is 41.9 Å². The van der Waals surface area contributed by atoms with E-state index in [1.165, 1.54) is 6.21 Å². The van der Waals surface area contributed by atoms with Crippen molar-refractivity contribution < 1.29 is 14.3 Å². The number of carbonyl (C=O) groups is 2. The second-order valence-electron chi connectivity index (χ2n) is 6.77. The Bertz CT molecular complexity index is 1060. The molecule has 7 heteroatoms. The van der Waals surface area contributed by atoms with Gasteiger partial charge in [0, 0.05) is 10.6 Å². The van der Waals surface area contributed by atoms with E-state index < -0.39 is 5.91 Å². The number of hydrogen-bond donors (Lipinski definition) is 2. The summed E-state index contributed by atoms with van der Waals surface area (Å²) in [5, 5.41) is 7.18. The maximum atomic E-state index is 12.1. The van der Waals surface area contributed by atoms with Crippen LogP contribution in [0, 0.1) is 6.92 Å². The number of carbonyl (C=O) groups excluding carboxylic acids is 2. The van der Waals surface area contributed by atoms with Gasteiger partial charge in [-0.15, -0.1) is 0 Å². The van der Waals surface area contributed by atoms with Gasteiger partial charge < -0.3 is 10.1 Å². The second-order valence-corrected chi connectivity index (χ2v) is 7.21. The third-order valence-electron chi connectivity index (χ3n) is 4.40. The number of halogens is 1. The lowest BCUT2D eigenvalue weighted by molar-refractivity contribution is -0.120. The van der Waals surface area contributed by atoms with Gasteiger partial charge in [-0.05, 0) is 66.1 Å². The monoisotopic (exact) mass is 435 g/mol. The van der Waals surface area contributed by atoms with Crippen LogP contribution in [-0.2, 0) is 11.4 Å². The molecule has 0 aliphatic carbocycles. The molecular weight excluding hydrogens is 414 g/mol. The lowest BCUT2D eigenvalue weighted by atomic mass is 10.1. The standard InChI is InChI=1S/C24H22ClN3O3/c1-17-4-2-3-5-22(17)24(30)26-15-23(29)28-27-14-18-8-12-21(13-9-18)31-16-19-6-10-20(25)11-7-19/h2-14H,15-16H2,1H3,(H,26,30)(H,28,29)/b27-14-. The van der Waals surface area contributed by atoms with Crippen LogP contribution in [0.3, 0.4) is 0 Å². The molecular formula is C24H22ClN3O3. The molecule has 2 amide bonds. The number of amides is 2. The zero-order valence-corrected chi connectivity index (χ0v) is 17.7. The molecule has 3 aromatic carbocycles. The minimum atomic E-state index is -0.416. The largest absolute Gasteiger partial charge is 0.489 e. The fraction of sp³-hybridized carbons (Fsp3) is 0.125. The van der Waals surface area contributed by atoms with Gasteiger partial charge in [0.15, 0.2) is 0 Å². The molecule has 31 heavy (non-hydrogen) atoms. The van der Waals surface area contributed by atoms with E-state index >= 15 is 0 Å². The third-order valence-corrected chi connectivity index (χ3v) is 4.65. The summed E-state index contributed by atoms with van der Waals surface area (Å²) >= 11 is 5.87. The fourth-order valence-electron chi connectivity index (χ4n) is 2.70. The van der Waals surface area contributed by atoms with Gasteiger partial charge in [0.05, 0.1) is 12.8 Å². The van der Waals surface area contributed by atoms with Gasteiger partial charge >= 0.3 is 0 Å². The predicted octanol–water partition coefficient (Wildman–Crippen LogP) is 4.11. The van der Waals surface area contributed by atoms with E-state index in [0.717, 1.165) is 22.4 Å². The van der Waals surface area contributed by atoms with Gasteiger partial charge in [0.1, 0.15) is 12.4 Å². The lowest BCUT2D eigenvalue weighted by Crippen LogP contribution is -2.35. The van der Waals surface area contributed by atoms with Crippen LogP contribution >= 0.6 is 11.6 Å². The van der Waals surface area contributed by atoms with E-state index in [9.17, 15) is 9.59 Å². The number of hydrogen-bond acceptors (Lipinski definition) is 4. The first-order valence-corrected chi connectivity index (χ1v) is 10.0. The lowest BCUT2D eigenvalue weighted by Gasteiger charge is -2.07. The number of hydrazone groups is 1. The molecule has 158 valence electrons. The van der Waals surface area contributed by atoms with Crippen LogP contribution in [0.15, 0.2) is 77.9 Å². The summed E-state index contributed by atoms with van der Waals surface area (Å²) in [5.74, 6) is 0.00238. The van der Waals surface area contributed by atoms with Gasteiger partial charge in [0.2, 0.25) is 0 Å². The zero-order valence-electron chi connectivity index (χ0n) is 17.0. The van der Waals surface area contributed by atoms with Gasteiger partial charge in [-0.25, -0.2) is 5.43 Å². The molecule has 0 aliphatic heterocycles. The number of ether oxygens (including phenoxy) is 1. The SMILES string of the molecule is Cc1ccccc1C(=O)NCC(=O)N/N=C\c1ccc(OCc2ccc(Cl)cc2)cc1. The Morgan fingerprint density at radius 1 is 1.00 bits per heavy atom. The van der Waals surface area contributed by atoms with Crippen molar-refractivity contribution in [3.8, 4) is 5.75 Å². The molecule has 2 N–H and O–H groups in total. The van der Waals surface area contributed by atoms with Crippen LogP contribution in [0.25, 0.3) is 0 Å². The summed E-state index contributed by atoms with van der Waals surface area (Å²) in [6.45, 7) is 2.12. The Labute approximate surface area is 185 Å². The molecule has 0 atom stereocenters. The van der Waals surface area contributed by atoms with Gasteiger partial charge in [0.25, 0.3) is 11.8 Å². The summed E-state index contributed by atoms with van der Waals surface area (Å²) in [6, 6.07) is 21.9. The number of aryl methyl sites for hydroxylation is 1. The van der Waals surface area contributed by atoms with Crippen molar-refractivity contribution in [3.05, 3.63) is 100 Å². The number of benzene rings is 3. The molecule has 3 rings (SSSR count). The number of nitrogens with one attached hydrogen (secondary N) is 2. The first kappa shape index (κ1) is 22.1. The summed E-state index contributed by atoms with van der Waals surface area (Å²) in [7, 11) is 0. The third kappa shape index (κ3) is 6.97. The molecule has 0 saturated carbocycles. The molecule has 3 aromatic rings. The number of nitrogens with zero attached hydrogens (tertiary/aromatic N) is 1. The normalized spacial score (nSPS) is 10.6. The Morgan fingerprint density at radius 3 is 2.42 bits per heavy atom. The van der Waals surface area contributed by atoms with E-state index in [1.807, 2.05) is 67.6 Å². The average molecular weight is 436 g/mol. The average Bonchev–Trinajstić information content (AvgIpc) is 2.78. The van der Waals surface area contributed by atoms with Crippen molar-refractivity contribution in [2.24, 2.45) is 5.10 Å². The quantitative estimate of drug-likeness (QED) is 0.413. The highest BCUT2D eigenvalue weighted by atomic mass is 35.5. The fourth-order valence-corrected chi connectivity index (χ4v) is 2.83. The molecule has 0 heterocycles. The molecule has 0 fully saturated rings. The van der Waals surface area contributed by atoms with Crippen molar-refractivity contribution in [3.63, 3.8) is 0 Å². The van der Waals surface area contributed by atoms with Crippen molar-refractivity contribution in [1.29, 1.82) is 0 Å². The van der Waals surface area contributed by atoms with Crippen LogP contribution in [0.2, 0.25) is 5.02 Å². The summed E-state index contributed by atoms with van der Waals surface area (Å²) < 4.78 is 5.73. The topological polar surface area (TPSA) is 79.8 Å². The molecule has 0 spiro atoms. The van der Waals surface area contributed by atoms with Crippen molar-refractivity contribution >= 4 is 29.6 Å². The number of rotatable bonds is 8. The van der Waals surface area contributed by atoms with Crippen LogP contribution in [-0.4, -0.2) is 24.6 Å². The van der Waals surface area contributed by atoms with E-state index in [-0.39, 0.29) is 12.5 Å². The second kappa shape index (κ2) is 10.9. The minimum Gasteiger partial charge on any atom is -0.489 e. The van der Waals surface area contributed by atoms with Crippen molar-refractivity contribution in [2.75, 3.05) is 6.54 Å². The molecule has 0 unspecified atom stereocenters. The van der Waals surface area contributed by atoms with E-state index in [4.69, 9.17) is 16.3 Å². The highest BCUT2D eigenvalue weighted by molar-refractivity contribution is 6.30. The smallest absolute Gasteiger partial charge is 0.259 e. The molecule has 0 aromatic heterocycles. The highest BCUT2D eigenvalue weighted by Gasteiger charge is 2.09. The van der Waals surface area contributed by atoms with Crippen molar-refractivity contribution in [2.45, 2.75) is 13.5 Å². The first-order chi connectivity index (χ1) is 15.0. The molecule has 0 aliphatic rings. The molecule has 6 nitrogen and oxygen atoms in total. The first-order valence-electron chi connectivity index (χ1n) is 9.64. The zero-order chi connectivity index (χ0) is 22.1. The molecule has 0 radical (unpaired) electrons.